The molecule has 0 aliphatic heterocycles. The van der Waals surface area contributed by atoms with Crippen molar-refractivity contribution < 1.29 is 17.6 Å². The van der Waals surface area contributed by atoms with Crippen molar-refractivity contribution in [1.29, 1.82) is 5.26 Å². The van der Waals surface area contributed by atoms with Gasteiger partial charge in [0.2, 0.25) is 19.3 Å². The summed E-state index contributed by atoms with van der Waals surface area (Å²) >= 11 is 0.686. The second kappa shape index (κ2) is 8.17. The summed E-state index contributed by atoms with van der Waals surface area (Å²) in [5.74, 6) is -1.16. The van der Waals surface area contributed by atoms with Crippen LogP contribution in [0.2, 0.25) is 0 Å². The van der Waals surface area contributed by atoms with Gasteiger partial charge in [-0.3, -0.25) is 10.1 Å². The second-order valence-corrected chi connectivity index (χ2v) is 9.55. The molecule has 0 aliphatic carbocycles. The predicted molar refractivity (Wildman–Crippen MR) is 110 cm³/mol. The third-order valence-corrected chi connectivity index (χ3v) is 6.68. The number of aryl methyl sites for hydroxylation is 1. The molecule has 0 aliphatic rings. The Labute approximate surface area is 176 Å². The summed E-state index contributed by atoms with van der Waals surface area (Å²) in [6, 6.07) is 9.85. The molecule has 0 unspecified atom stereocenters. The van der Waals surface area contributed by atoms with Crippen LogP contribution in [0.15, 0.2) is 40.2 Å². The average Bonchev–Trinajstić information content (AvgIpc) is 3.25. The number of hydrogen-bond acceptors (Lipinski definition) is 7. The van der Waals surface area contributed by atoms with Gasteiger partial charge >= 0.3 is 0 Å². The minimum Gasteiger partial charge on any atom is -0.315 e. The summed E-state index contributed by atoms with van der Waals surface area (Å²) in [5.41, 5.74) is 2.07. The number of para-hydroxylation sites is 1. The van der Waals surface area contributed by atoms with Crippen LogP contribution in [0.4, 0.5) is 9.52 Å². The van der Waals surface area contributed by atoms with Crippen LogP contribution in [0.3, 0.4) is 0 Å². The zero-order valence-corrected chi connectivity index (χ0v) is 17.8. The highest BCUT2D eigenvalue weighted by atomic mass is 32.2. The van der Waals surface area contributed by atoms with E-state index in [2.05, 4.69) is 15.5 Å². The first kappa shape index (κ1) is 21.4. The average molecular weight is 446 g/mol. The highest BCUT2D eigenvalue weighted by Gasteiger charge is 2.19. The Morgan fingerprint density at radius 2 is 2.00 bits per heavy atom. The number of anilines is 1. The van der Waals surface area contributed by atoms with E-state index in [1.807, 2.05) is 6.07 Å². The number of rotatable bonds is 5. The van der Waals surface area contributed by atoms with E-state index >= 15 is 0 Å². The Kier molecular flexibility index (Phi) is 5.82. The molecule has 8 nitrogen and oxygen atoms in total. The summed E-state index contributed by atoms with van der Waals surface area (Å²) < 4.78 is 38.6. The van der Waals surface area contributed by atoms with E-state index in [0.29, 0.717) is 28.3 Å². The number of carbonyl (C=O) groups excluding carboxylic acids is 1. The molecule has 154 valence electrons. The summed E-state index contributed by atoms with van der Waals surface area (Å²) in [5, 5.41) is 18.9. The summed E-state index contributed by atoms with van der Waals surface area (Å²) in [6.45, 7) is 3.54. The van der Waals surface area contributed by atoms with Gasteiger partial charge in [-0.1, -0.05) is 23.5 Å². The standard InChI is InChI=1S/C19H16FN5O3S2/c1-11-8-13(12(2)25(11)16-7-5-4-6-15(16)20)9-14(10-21)17(26)22-18-23-24-19(29-18)30(3,27)28/h4-9H,1-3H3,(H,22,23,26)/b14-9-. The molecule has 1 N–H and O–H groups in total. The van der Waals surface area contributed by atoms with Gasteiger partial charge < -0.3 is 4.57 Å². The molecule has 0 bridgehead atoms. The smallest absolute Gasteiger partial charge is 0.268 e. The number of nitrogens with zero attached hydrogens (tertiary/aromatic N) is 4. The first-order valence-corrected chi connectivity index (χ1v) is 11.2. The SMILES string of the molecule is Cc1cc(/C=C(/C#N)C(=O)Nc2nnc(S(C)(=O)=O)s2)c(C)n1-c1ccccc1F. The Balaban J connectivity index is 1.92. The normalized spacial score (nSPS) is 11.9. The number of halogens is 1. The topological polar surface area (TPSA) is 118 Å². The molecule has 11 heteroatoms. The van der Waals surface area contributed by atoms with Gasteiger partial charge in [0.05, 0.1) is 5.69 Å². The molecule has 0 radical (unpaired) electrons. The number of aromatic nitrogens is 3. The minimum atomic E-state index is -3.55. The van der Waals surface area contributed by atoms with E-state index in [1.54, 1.807) is 42.7 Å². The lowest BCUT2D eigenvalue weighted by atomic mass is 10.1. The molecule has 3 aromatic rings. The van der Waals surface area contributed by atoms with Crippen LogP contribution in [-0.4, -0.2) is 35.3 Å². The van der Waals surface area contributed by atoms with Crippen molar-refractivity contribution in [2.24, 2.45) is 0 Å². The van der Waals surface area contributed by atoms with Crippen molar-refractivity contribution in [3.8, 4) is 11.8 Å². The molecule has 1 amide bonds. The van der Waals surface area contributed by atoms with E-state index in [1.165, 1.54) is 12.1 Å². The lowest BCUT2D eigenvalue weighted by Gasteiger charge is -2.10. The number of nitrogens with one attached hydrogen (secondary N) is 1. The van der Waals surface area contributed by atoms with Gasteiger partial charge in [0.1, 0.15) is 17.5 Å². The maximum absolute atomic E-state index is 14.2. The fourth-order valence-electron chi connectivity index (χ4n) is 2.82. The van der Waals surface area contributed by atoms with Crippen LogP contribution >= 0.6 is 11.3 Å². The van der Waals surface area contributed by atoms with Crippen LogP contribution in [-0.2, 0) is 14.6 Å². The van der Waals surface area contributed by atoms with E-state index in [0.717, 1.165) is 11.9 Å². The first-order chi connectivity index (χ1) is 14.1. The number of sulfone groups is 1. The first-order valence-electron chi connectivity index (χ1n) is 8.52. The largest absolute Gasteiger partial charge is 0.315 e. The monoisotopic (exact) mass is 445 g/mol. The van der Waals surface area contributed by atoms with Gasteiger partial charge in [-0.25, -0.2) is 12.8 Å². The van der Waals surface area contributed by atoms with E-state index in [-0.39, 0.29) is 15.0 Å². The highest BCUT2D eigenvalue weighted by Crippen LogP contribution is 2.25. The van der Waals surface area contributed by atoms with Crippen molar-refractivity contribution in [1.82, 2.24) is 14.8 Å². The Morgan fingerprint density at radius 1 is 1.30 bits per heavy atom. The molecular formula is C19H16FN5O3S2. The molecule has 3 rings (SSSR count). The van der Waals surface area contributed by atoms with E-state index in [9.17, 15) is 22.9 Å². The molecule has 0 saturated carbocycles. The van der Waals surface area contributed by atoms with Crippen molar-refractivity contribution in [2.75, 3.05) is 11.6 Å². The predicted octanol–water partition coefficient (Wildman–Crippen LogP) is 3.03. The van der Waals surface area contributed by atoms with Crippen LogP contribution < -0.4 is 5.32 Å². The maximum Gasteiger partial charge on any atom is 0.268 e. The van der Waals surface area contributed by atoms with Crippen LogP contribution in [0, 0.1) is 31.0 Å². The van der Waals surface area contributed by atoms with Gasteiger partial charge in [-0.05, 0) is 43.7 Å². The zero-order valence-electron chi connectivity index (χ0n) is 16.2. The van der Waals surface area contributed by atoms with Crippen LogP contribution in [0.25, 0.3) is 11.8 Å². The summed E-state index contributed by atoms with van der Waals surface area (Å²) in [7, 11) is -3.55. The molecule has 0 atom stereocenters. The Bertz CT molecular complexity index is 1320. The third kappa shape index (κ3) is 4.29. The maximum atomic E-state index is 14.2. The molecule has 2 heterocycles. The van der Waals surface area contributed by atoms with Gasteiger partial charge in [-0.2, -0.15) is 5.26 Å². The second-order valence-electron chi connectivity index (χ2n) is 6.38. The molecule has 0 saturated heterocycles. The van der Waals surface area contributed by atoms with Crippen molar-refractivity contribution in [3.63, 3.8) is 0 Å². The van der Waals surface area contributed by atoms with Crippen molar-refractivity contribution >= 4 is 38.3 Å². The summed E-state index contributed by atoms with van der Waals surface area (Å²) in [4.78, 5) is 12.5. The van der Waals surface area contributed by atoms with Gasteiger partial charge in [-0.15, -0.1) is 10.2 Å². The number of benzene rings is 1. The fourth-order valence-corrected chi connectivity index (χ4v) is 4.32. The fraction of sp³-hybridized carbons (Fsp3) is 0.158. The van der Waals surface area contributed by atoms with Gasteiger partial charge in [0.25, 0.3) is 5.91 Å². The Morgan fingerprint density at radius 3 is 2.60 bits per heavy atom. The van der Waals surface area contributed by atoms with Gasteiger partial charge in [0.15, 0.2) is 0 Å². The third-order valence-electron chi connectivity index (χ3n) is 4.17. The van der Waals surface area contributed by atoms with E-state index in [4.69, 9.17) is 0 Å². The van der Waals surface area contributed by atoms with Gasteiger partial charge in [0, 0.05) is 17.6 Å². The molecule has 0 fully saturated rings. The summed E-state index contributed by atoms with van der Waals surface area (Å²) in [6.07, 6.45) is 2.36. The molecule has 30 heavy (non-hydrogen) atoms. The number of nitriles is 1. The minimum absolute atomic E-state index is 0.0431. The number of carbonyl (C=O) groups is 1. The number of amides is 1. The lowest BCUT2D eigenvalue weighted by molar-refractivity contribution is -0.112. The quantitative estimate of drug-likeness (QED) is 0.366. The molecule has 2 aromatic heterocycles. The van der Waals surface area contributed by atoms with E-state index < -0.39 is 21.6 Å². The van der Waals surface area contributed by atoms with Crippen molar-refractivity contribution in [2.45, 2.75) is 18.2 Å². The van der Waals surface area contributed by atoms with Crippen LogP contribution in [0.5, 0.6) is 0 Å². The molecule has 0 spiro atoms. The lowest BCUT2D eigenvalue weighted by Crippen LogP contribution is -2.13. The molecular weight excluding hydrogens is 429 g/mol. The highest BCUT2D eigenvalue weighted by molar-refractivity contribution is 7.92. The number of hydrogen-bond donors (Lipinski definition) is 1. The zero-order chi connectivity index (χ0) is 22.1. The van der Waals surface area contributed by atoms with Crippen molar-refractivity contribution in [3.05, 3.63) is 58.7 Å². The van der Waals surface area contributed by atoms with Crippen LogP contribution in [0.1, 0.15) is 17.0 Å². The molecule has 1 aromatic carbocycles. The Hall–Kier alpha value is -3.36.